The van der Waals surface area contributed by atoms with Gasteiger partial charge in [0.1, 0.15) is 12.1 Å². The standard InChI is InChI=1S/C9H10N4O4/c1-12-7-6(10-4-11-7)8(15)13(9(12)16)3-5(14)17-2/h4H,3H2,1-2H3,(H,10,11). The van der Waals surface area contributed by atoms with Crippen LogP contribution in [0.25, 0.3) is 11.2 Å². The summed E-state index contributed by atoms with van der Waals surface area (Å²) in [6.45, 7) is -0.420. The summed E-state index contributed by atoms with van der Waals surface area (Å²) in [5, 5.41) is 0. The minimum Gasteiger partial charge on any atom is -0.468 e. The van der Waals surface area contributed by atoms with Crippen molar-refractivity contribution in [3.63, 3.8) is 0 Å². The molecule has 0 aromatic carbocycles. The SMILES string of the molecule is COC(=O)Cn1c(=O)c2[nH]cnc2n(C)c1=O. The quantitative estimate of drug-likeness (QED) is 0.648. The number of carbonyl (C=O) groups is 1. The molecule has 0 saturated carbocycles. The van der Waals surface area contributed by atoms with Gasteiger partial charge in [0.2, 0.25) is 0 Å². The lowest BCUT2D eigenvalue weighted by atomic mass is 10.5. The van der Waals surface area contributed by atoms with Gasteiger partial charge in [0.15, 0.2) is 5.65 Å². The molecule has 0 saturated heterocycles. The largest absolute Gasteiger partial charge is 0.468 e. The molecular formula is C9H10N4O4. The van der Waals surface area contributed by atoms with Crippen molar-refractivity contribution in [2.45, 2.75) is 6.54 Å². The first-order valence-electron chi connectivity index (χ1n) is 4.76. The molecule has 2 heterocycles. The smallest absolute Gasteiger partial charge is 0.333 e. The number of aromatic amines is 1. The van der Waals surface area contributed by atoms with Crippen molar-refractivity contribution in [1.82, 2.24) is 19.1 Å². The molecule has 2 aromatic rings. The van der Waals surface area contributed by atoms with E-state index in [-0.39, 0.29) is 11.2 Å². The summed E-state index contributed by atoms with van der Waals surface area (Å²) in [6.07, 6.45) is 1.31. The van der Waals surface area contributed by atoms with E-state index in [1.54, 1.807) is 0 Å². The molecule has 8 heteroatoms. The molecule has 0 bridgehead atoms. The normalized spacial score (nSPS) is 10.7. The number of nitrogens with zero attached hydrogens (tertiary/aromatic N) is 3. The van der Waals surface area contributed by atoms with Gasteiger partial charge in [-0.25, -0.2) is 14.3 Å². The minimum atomic E-state index is -0.664. The number of rotatable bonds is 2. The summed E-state index contributed by atoms with van der Waals surface area (Å²) in [5.41, 5.74) is -0.775. The van der Waals surface area contributed by atoms with Crippen LogP contribution in [-0.2, 0) is 23.1 Å². The zero-order chi connectivity index (χ0) is 12.6. The molecule has 0 atom stereocenters. The minimum absolute atomic E-state index is 0.177. The predicted molar refractivity (Wildman–Crippen MR) is 57.6 cm³/mol. The first-order chi connectivity index (χ1) is 8.06. The van der Waals surface area contributed by atoms with Crippen molar-refractivity contribution in [2.75, 3.05) is 7.11 Å². The molecule has 0 aliphatic rings. The van der Waals surface area contributed by atoms with Gasteiger partial charge < -0.3 is 9.72 Å². The Morgan fingerprint density at radius 3 is 2.88 bits per heavy atom. The van der Waals surface area contributed by atoms with Gasteiger partial charge in [0, 0.05) is 7.05 Å². The summed E-state index contributed by atoms with van der Waals surface area (Å²) >= 11 is 0. The number of aromatic nitrogens is 4. The van der Waals surface area contributed by atoms with Crippen molar-refractivity contribution in [2.24, 2.45) is 7.05 Å². The Bertz CT molecular complexity index is 693. The molecule has 8 nitrogen and oxygen atoms in total. The highest BCUT2D eigenvalue weighted by atomic mass is 16.5. The first-order valence-corrected chi connectivity index (χ1v) is 4.76. The van der Waals surface area contributed by atoms with Crippen LogP contribution < -0.4 is 11.2 Å². The van der Waals surface area contributed by atoms with Gasteiger partial charge in [-0.2, -0.15) is 0 Å². The van der Waals surface area contributed by atoms with E-state index >= 15 is 0 Å². The highest BCUT2D eigenvalue weighted by Gasteiger charge is 2.15. The van der Waals surface area contributed by atoms with Gasteiger partial charge in [-0.3, -0.25) is 14.2 Å². The number of ether oxygens (including phenoxy) is 1. The lowest BCUT2D eigenvalue weighted by molar-refractivity contribution is -0.141. The summed E-state index contributed by atoms with van der Waals surface area (Å²) in [7, 11) is 2.66. The van der Waals surface area contributed by atoms with Gasteiger partial charge in [-0.15, -0.1) is 0 Å². The average Bonchev–Trinajstić information content (AvgIpc) is 2.80. The molecule has 2 rings (SSSR count). The maximum absolute atomic E-state index is 11.9. The zero-order valence-corrected chi connectivity index (χ0v) is 9.26. The maximum Gasteiger partial charge on any atom is 0.333 e. The Labute approximate surface area is 94.5 Å². The average molecular weight is 238 g/mol. The van der Waals surface area contributed by atoms with Crippen LogP contribution in [0.15, 0.2) is 15.9 Å². The van der Waals surface area contributed by atoms with Gasteiger partial charge in [-0.05, 0) is 0 Å². The third-order valence-corrected chi connectivity index (χ3v) is 2.43. The van der Waals surface area contributed by atoms with E-state index in [1.165, 1.54) is 25.1 Å². The summed E-state index contributed by atoms with van der Waals surface area (Å²) in [5.74, 6) is -0.664. The molecule has 2 aromatic heterocycles. The van der Waals surface area contributed by atoms with Crippen LogP contribution in [0, 0.1) is 0 Å². The number of hydrogen-bond acceptors (Lipinski definition) is 5. The molecule has 0 radical (unpaired) electrons. The number of H-pyrrole nitrogens is 1. The second-order valence-corrected chi connectivity index (χ2v) is 3.41. The molecule has 0 aliphatic heterocycles. The summed E-state index contributed by atoms with van der Waals surface area (Å²) in [4.78, 5) is 41.3. The number of imidazole rings is 1. The molecule has 0 amide bonds. The van der Waals surface area contributed by atoms with Crippen molar-refractivity contribution >= 4 is 17.1 Å². The Morgan fingerprint density at radius 2 is 2.24 bits per heavy atom. The fourth-order valence-corrected chi connectivity index (χ4v) is 1.53. The number of nitrogens with one attached hydrogen (secondary N) is 1. The molecule has 0 fully saturated rings. The number of carbonyl (C=O) groups excluding carboxylic acids is 1. The van der Waals surface area contributed by atoms with Crippen LogP contribution in [0.1, 0.15) is 0 Å². The third kappa shape index (κ3) is 1.63. The fourth-order valence-electron chi connectivity index (χ4n) is 1.53. The van der Waals surface area contributed by atoms with E-state index in [4.69, 9.17) is 0 Å². The first kappa shape index (κ1) is 11.1. The number of hydrogen-bond donors (Lipinski definition) is 1. The van der Waals surface area contributed by atoms with Crippen molar-refractivity contribution < 1.29 is 9.53 Å². The van der Waals surface area contributed by atoms with Crippen molar-refractivity contribution in [1.29, 1.82) is 0 Å². The van der Waals surface area contributed by atoms with Gasteiger partial charge >= 0.3 is 11.7 Å². The topological polar surface area (TPSA) is 99.0 Å². The Balaban J connectivity index is 2.75. The zero-order valence-electron chi connectivity index (χ0n) is 9.26. The molecular weight excluding hydrogens is 228 g/mol. The Kier molecular flexibility index (Phi) is 2.54. The van der Waals surface area contributed by atoms with Crippen LogP contribution in [0.5, 0.6) is 0 Å². The third-order valence-electron chi connectivity index (χ3n) is 2.43. The van der Waals surface area contributed by atoms with Crippen molar-refractivity contribution in [3.8, 4) is 0 Å². The van der Waals surface area contributed by atoms with Crippen LogP contribution >= 0.6 is 0 Å². The Hall–Kier alpha value is -2.38. The van der Waals surface area contributed by atoms with E-state index in [1.807, 2.05) is 0 Å². The van der Waals surface area contributed by atoms with Gasteiger partial charge in [0.05, 0.1) is 13.4 Å². The molecule has 1 N–H and O–H groups in total. The van der Waals surface area contributed by atoms with E-state index < -0.39 is 23.8 Å². The predicted octanol–water partition coefficient (Wildman–Crippen LogP) is -1.40. The lowest BCUT2D eigenvalue weighted by Gasteiger charge is -2.06. The lowest BCUT2D eigenvalue weighted by Crippen LogP contribution is -2.41. The van der Waals surface area contributed by atoms with Crippen LogP contribution in [0.4, 0.5) is 0 Å². The van der Waals surface area contributed by atoms with Crippen LogP contribution in [-0.4, -0.2) is 32.2 Å². The van der Waals surface area contributed by atoms with E-state index in [0.717, 1.165) is 4.57 Å². The second-order valence-electron chi connectivity index (χ2n) is 3.41. The summed E-state index contributed by atoms with van der Waals surface area (Å²) in [6, 6.07) is 0. The van der Waals surface area contributed by atoms with E-state index in [0.29, 0.717) is 0 Å². The fraction of sp³-hybridized carbons (Fsp3) is 0.333. The number of fused-ring (bicyclic) bond motifs is 1. The number of esters is 1. The summed E-state index contributed by atoms with van der Waals surface area (Å²) < 4.78 is 6.41. The molecule has 90 valence electrons. The second kappa shape index (κ2) is 3.89. The molecule has 17 heavy (non-hydrogen) atoms. The van der Waals surface area contributed by atoms with E-state index in [2.05, 4.69) is 14.7 Å². The van der Waals surface area contributed by atoms with Gasteiger partial charge in [-0.1, -0.05) is 0 Å². The van der Waals surface area contributed by atoms with Crippen LogP contribution in [0.3, 0.4) is 0 Å². The molecule has 0 unspecified atom stereocenters. The maximum atomic E-state index is 11.9. The highest BCUT2D eigenvalue weighted by Crippen LogP contribution is 1.98. The molecule has 0 spiro atoms. The monoisotopic (exact) mass is 238 g/mol. The van der Waals surface area contributed by atoms with E-state index in [9.17, 15) is 14.4 Å². The number of methoxy groups -OCH3 is 1. The van der Waals surface area contributed by atoms with Crippen molar-refractivity contribution in [3.05, 3.63) is 27.2 Å². The highest BCUT2D eigenvalue weighted by molar-refractivity contribution is 5.71. The van der Waals surface area contributed by atoms with Crippen LogP contribution in [0.2, 0.25) is 0 Å². The van der Waals surface area contributed by atoms with Gasteiger partial charge in [0.25, 0.3) is 5.56 Å². The molecule has 0 aliphatic carbocycles. The number of aryl methyl sites for hydroxylation is 1. The Morgan fingerprint density at radius 1 is 1.53 bits per heavy atom.